The van der Waals surface area contributed by atoms with E-state index in [1.165, 1.54) is 18.9 Å². The van der Waals surface area contributed by atoms with E-state index in [9.17, 15) is 9.90 Å². The number of methoxy groups -OCH3 is 1. The third-order valence-corrected chi connectivity index (χ3v) is 2.51. The quantitative estimate of drug-likeness (QED) is 0.879. The van der Waals surface area contributed by atoms with Crippen molar-refractivity contribution in [3.8, 4) is 5.75 Å². The molecular weight excluding hydrogens is 230 g/mol. The highest BCUT2D eigenvalue weighted by Gasteiger charge is 2.18. The smallest absolute Gasteiger partial charge is 0.255 e. The van der Waals surface area contributed by atoms with Crippen molar-refractivity contribution >= 4 is 23.2 Å². The van der Waals surface area contributed by atoms with Gasteiger partial charge in [0.25, 0.3) is 5.91 Å². The molecule has 0 bridgehead atoms. The van der Waals surface area contributed by atoms with Gasteiger partial charge < -0.3 is 14.7 Å². The van der Waals surface area contributed by atoms with Crippen LogP contribution in [0.4, 0.5) is 5.69 Å². The molecule has 0 aliphatic carbocycles. The second-order valence-corrected chi connectivity index (χ2v) is 3.80. The maximum Gasteiger partial charge on any atom is 0.255 e. The number of aliphatic hydroxyl groups excluding tert-OH is 1. The Balaban J connectivity index is 3.00. The van der Waals surface area contributed by atoms with Crippen LogP contribution < -0.4 is 9.64 Å². The van der Waals surface area contributed by atoms with Crippen LogP contribution in [0.3, 0.4) is 0 Å². The van der Waals surface area contributed by atoms with E-state index in [4.69, 9.17) is 16.3 Å². The monoisotopic (exact) mass is 243 g/mol. The number of nitrogens with zero attached hydrogens (tertiary/aromatic N) is 1. The average molecular weight is 244 g/mol. The summed E-state index contributed by atoms with van der Waals surface area (Å²) >= 11 is 6.00. The fourth-order valence-electron chi connectivity index (χ4n) is 1.29. The molecule has 5 heteroatoms. The van der Waals surface area contributed by atoms with Crippen LogP contribution in [0.2, 0.25) is 5.02 Å². The van der Waals surface area contributed by atoms with E-state index in [2.05, 4.69) is 0 Å². The lowest BCUT2D eigenvalue weighted by molar-refractivity contribution is -0.125. The molecule has 1 rings (SSSR count). The maximum absolute atomic E-state index is 11.5. The largest absolute Gasteiger partial charge is 0.497 e. The molecule has 16 heavy (non-hydrogen) atoms. The molecule has 0 radical (unpaired) electrons. The number of halogens is 1. The zero-order chi connectivity index (χ0) is 12.3. The Kier molecular flexibility index (Phi) is 4.15. The first-order valence-corrected chi connectivity index (χ1v) is 5.14. The lowest BCUT2D eigenvalue weighted by atomic mass is 10.2. The van der Waals surface area contributed by atoms with E-state index in [1.807, 2.05) is 0 Å². The van der Waals surface area contributed by atoms with Crippen molar-refractivity contribution in [2.24, 2.45) is 0 Å². The van der Waals surface area contributed by atoms with Crippen LogP contribution in [0.5, 0.6) is 5.75 Å². The minimum atomic E-state index is -1.05. The molecule has 0 fully saturated rings. The molecular formula is C11H14ClNO3. The fraction of sp³-hybridized carbons (Fsp3) is 0.364. The van der Waals surface area contributed by atoms with Crippen molar-refractivity contribution in [3.63, 3.8) is 0 Å². The minimum absolute atomic E-state index is 0.399. The van der Waals surface area contributed by atoms with Gasteiger partial charge in [-0.1, -0.05) is 11.6 Å². The van der Waals surface area contributed by atoms with Gasteiger partial charge in [-0.15, -0.1) is 0 Å². The molecule has 1 aromatic rings. The summed E-state index contributed by atoms with van der Waals surface area (Å²) < 4.78 is 5.00. The van der Waals surface area contributed by atoms with Gasteiger partial charge in [-0.05, 0) is 19.1 Å². The Labute approximate surface area is 99.4 Å². The number of likely N-dealkylation sites (N-methyl/N-ethyl adjacent to an activating group) is 1. The average Bonchev–Trinajstić information content (AvgIpc) is 2.26. The van der Waals surface area contributed by atoms with Crippen LogP contribution in [0.1, 0.15) is 6.92 Å². The van der Waals surface area contributed by atoms with Crippen LogP contribution in [-0.4, -0.2) is 31.3 Å². The molecule has 0 heterocycles. The van der Waals surface area contributed by atoms with Crippen molar-refractivity contribution in [1.29, 1.82) is 0 Å². The van der Waals surface area contributed by atoms with Gasteiger partial charge >= 0.3 is 0 Å². The molecule has 0 saturated heterocycles. The van der Waals surface area contributed by atoms with E-state index < -0.39 is 12.0 Å². The summed E-state index contributed by atoms with van der Waals surface area (Å²) in [4.78, 5) is 12.8. The van der Waals surface area contributed by atoms with Crippen LogP contribution in [0.15, 0.2) is 18.2 Å². The summed E-state index contributed by atoms with van der Waals surface area (Å²) in [5, 5.41) is 9.58. The minimum Gasteiger partial charge on any atom is -0.497 e. The number of rotatable bonds is 3. The SMILES string of the molecule is COc1ccc(N(C)C(=O)C(C)O)c(Cl)c1. The van der Waals surface area contributed by atoms with Gasteiger partial charge in [0.15, 0.2) is 0 Å². The summed E-state index contributed by atoms with van der Waals surface area (Å²) in [7, 11) is 3.10. The number of aliphatic hydroxyl groups is 1. The van der Waals surface area contributed by atoms with Crippen molar-refractivity contribution in [2.45, 2.75) is 13.0 Å². The fourth-order valence-corrected chi connectivity index (χ4v) is 1.58. The summed E-state index contributed by atoms with van der Waals surface area (Å²) in [5.74, 6) is 0.207. The highest BCUT2D eigenvalue weighted by Crippen LogP contribution is 2.29. The number of carbonyl (C=O) groups is 1. The zero-order valence-electron chi connectivity index (χ0n) is 9.40. The third-order valence-electron chi connectivity index (χ3n) is 2.20. The summed E-state index contributed by atoms with van der Waals surface area (Å²) in [6.45, 7) is 1.41. The van der Waals surface area contributed by atoms with Crippen molar-refractivity contribution in [1.82, 2.24) is 0 Å². The van der Waals surface area contributed by atoms with Crippen LogP contribution in [0.25, 0.3) is 0 Å². The van der Waals surface area contributed by atoms with E-state index in [1.54, 1.807) is 25.2 Å². The molecule has 1 N–H and O–H groups in total. The van der Waals surface area contributed by atoms with Crippen molar-refractivity contribution < 1.29 is 14.6 Å². The lowest BCUT2D eigenvalue weighted by Gasteiger charge is -2.20. The zero-order valence-corrected chi connectivity index (χ0v) is 10.2. The Hall–Kier alpha value is -1.26. The number of hydrogen-bond donors (Lipinski definition) is 1. The summed E-state index contributed by atoms with van der Waals surface area (Å²) in [6.07, 6.45) is -1.05. The van der Waals surface area contributed by atoms with E-state index in [0.717, 1.165) is 0 Å². The predicted molar refractivity (Wildman–Crippen MR) is 63.1 cm³/mol. The topological polar surface area (TPSA) is 49.8 Å². The Bertz CT molecular complexity index is 393. The molecule has 1 unspecified atom stereocenters. The summed E-state index contributed by atoms with van der Waals surface area (Å²) in [5.41, 5.74) is 0.536. The Morgan fingerprint density at radius 1 is 1.56 bits per heavy atom. The van der Waals surface area contributed by atoms with Crippen LogP contribution >= 0.6 is 11.6 Å². The second kappa shape index (κ2) is 5.18. The molecule has 0 spiro atoms. The highest BCUT2D eigenvalue weighted by atomic mass is 35.5. The summed E-state index contributed by atoms with van der Waals surface area (Å²) in [6, 6.07) is 4.98. The number of amides is 1. The molecule has 0 aromatic heterocycles. The molecule has 88 valence electrons. The normalized spacial score (nSPS) is 12.1. The van der Waals surface area contributed by atoms with E-state index in [-0.39, 0.29) is 0 Å². The number of anilines is 1. The molecule has 1 aromatic carbocycles. The predicted octanol–water partition coefficient (Wildman–Crippen LogP) is 1.69. The van der Waals surface area contributed by atoms with Gasteiger partial charge in [0, 0.05) is 13.1 Å². The molecule has 1 atom stereocenters. The van der Waals surface area contributed by atoms with Crippen molar-refractivity contribution in [2.75, 3.05) is 19.1 Å². The van der Waals surface area contributed by atoms with Crippen LogP contribution in [0, 0.1) is 0 Å². The highest BCUT2D eigenvalue weighted by molar-refractivity contribution is 6.34. The molecule has 1 amide bonds. The molecule has 0 aliphatic heterocycles. The van der Waals surface area contributed by atoms with Gasteiger partial charge in [-0.3, -0.25) is 4.79 Å². The van der Waals surface area contributed by atoms with Gasteiger partial charge in [0.2, 0.25) is 0 Å². The van der Waals surface area contributed by atoms with Gasteiger partial charge in [0.05, 0.1) is 17.8 Å². The second-order valence-electron chi connectivity index (χ2n) is 3.39. The number of hydrogen-bond acceptors (Lipinski definition) is 3. The van der Waals surface area contributed by atoms with Gasteiger partial charge in [-0.25, -0.2) is 0 Å². The number of carbonyl (C=O) groups excluding carboxylic acids is 1. The number of ether oxygens (including phenoxy) is 1. The van der Waals surface area contributed by atoms with E-state index in [0.29, 0.717) is 16.5 Å². The standard InChI is InChI=1S/C11H14ClNO3/c1-7(14)11(15)13(2)10-5-4-8(16-3)6-9(10)12/h4-7,14H,1-3H3. The van der Waals surface area contributed by atoms with E-state index >= 15 is 0 Å². The first-order valence-electron chi connectivity index (χ1n) is 4.76. The Morgan fingerprint density at radius 2 is 2.19 bits per heavy atom. The first-order chi connectivity index (χ1) is 7.47. The van der Waals surface area contributed by atoms with Gasteiger partial charge in [-0.2, -0.15) is 0 Å². The van der Waals surface area contributed by atoms with Crippen LogP contribution in [-0.2, 0) is 4.79 Å². The molecule has 0 saturated carbocycles. The molecule has 0 aliphatic rings. The Morgan fingerprint density at radius 3 is 2.62 bits per heavy atom. The lowest BCUT2D eigenvalue weighted by Crippen LogP contribution is -2.34. The first kappa shape index (κ1) is 12.8. The van der Waals surface area contributed by atoms with Gasteiger partial charge in [0.1, 0.15) is 11.9 Å². The van der Waals surface area contributed by atoms with Crippen molar-refractivity contribution in [3.05, 3.63) is 23.2 Å². The third kappa shape index (κ3) is 2.65. The maximum atomic E-state index is 11.5. The number of benzene rings is 1. The molecule has 4 nitrogen and oxygen atoms in total.